The van der Waals surface area contributed by atoms with Crippen LogP contribution in [0.15, 0.2) is 54.6 Å². The van der Waals surface area contributed by atoms with Crippen molar-refractivity contribution in [2.75, 3.05) is 65.5 Å². The number of carboxylic acid groups (broad SMARTS) is 4. The van der Waals surface area contributed by atoms with E-state index in [9.17, 15) is 28.8 Å². The topological polar surface area (TPSA) is 252 Å². The molecule has 17 heteroatoms. The van der Waals surface area contributed by atoms with Crippen molar-refractivity contribution in [2.24, 2.45) is 5.73 Å². The summed E-state index contributed by atoms with van der Waals surface area (Å²) in [7, 11) is 0. The maximum atomic E-state index is 12.9. The fourth-order valence-corrected chi connectivity index (χ4v) is 4.78. The molecular formula is C33H46N6O11. The van der Waals surface area contributed by atoms with E-state index in [1.165, 1.54) is 9.80 Å². The summed E-state index contributed by atoms with van der Waals surface area (Å²) in [6.45, 7) is -1.93. The molecule has 2 aromatic rings. The molecule has 2 amide bonds. The Bertz CT molecular complexity index is 1320. The normalized spacial score (nSPS) is 11.8. The molecule has 0 fully saturated rings. The van der Waals surface area contributed by atoms with Crippen molar-refractivity contribution in [3.63, 3.8) is 0 Å². The summed E-state index contributed by atoms with van der Waals surface area (Å²) in [5.41, 5.74) is 11.2. The van der Waals surface area contributed by atoms with Gasteiger partial charge in [-0.25, -0.2) is 5.48 Å². The lowest BCUT2D eigenvalue weighted by Crippen LogP contribution is -2.47. The van der Waals surface area contributed by atoms with Crippen LogP contribution in [0, 0.1) is 0 Å². The van der Waals surface area contributed by atoms with Crippen molar-refractivity contribution in [2.45, 2.75) is 31.8 Å². The predicted molar refractivity (Wildman–Crippen MR) is 179 cm³/mol. The number of carboxylic acids is 4. The van der Waals surface area contributed by atoms with Crippen LogP contribution in [0.1, 0.15) is 23.1 Å². The van der Waals surface area contributed by atoms with Gasteiger partial charge in [-0.3, -0.25) is 48.3 Å². The lowest BCUT2D eigenvalue weighted by Gasteiger charge is -2.28. The average molecular weight is 703 g/mol. The standard InChI is InChI=1S/C33H46N6O11/c34-27(11-10-24-4-2-1-3-5-24)33(49)36-50-17-12-25-6-8-26(9-7-25)18-35-28(40)19-37(13-15-38(20-29(41)42)21-30(43)44)14-16-39(22-31(45)46)23-32(47)48/h1-9,27H,10-23,34H2,(H,35,40)(H,36,49)(H,41,42)(H,43,44)(H,45,46)(H,47,48). The number of nitrogens with one attached hydrogen (secondary N) is 2. The van der Waals surface area contributed by atoms with E-state index in [1.807, 2.05) is 54.6 Å². The minimum absolute atomic E-state index is 0.0281. The zero-order chi connectivity index (χ0) is 36.9. The number of amides is 2. The average Bonchev–Trinajstić information content (AvgIpc) is 3.05. The number of hydroxylamine groups is 1. The summed E-state index contributed by atoms with van der Waals surface area (Å²) in [6, 6.07) is 16.3. The minimum Gasteiger partial charge on any atom is -0.480 e. The Labute approximate surface area is 289 Å². The van der Waals surface area contributed by atoms with Gasteiger partial charge in [-0.05, 0) is 36.0 Å². The molecule has 274 valence electrons. The minimum atomic E-state index is -1.23. The summed E-state index contributed by atoms with van der Waals surface area (Å²) >= 11 is 0. The molecule has 50 heavy (non-hydrogen) atoms. The van der Waals surface area contributed by atoms with Crippen LogP contribution >= 0.6 is 0 Å². The molecule has 0 saturated carbocycles. The van der Waals surface area contributed by atoms with Gasteiger partial charge in [-0.2, -0.15) is 0 Å². The van der Waals surface area contributed by atoms with Gasteiger partial charge in [0.25, 0.3) is 5.91 Å². The molecule has 0 radical (unpaired) electrons. The van der Waals surface area contributed by atoms with Crippen LogP contribution in [0.25, 0.3) is 0 Å². The van der Waals surface area contributed by atoms with Crippen molar-refractivity contribution in [1.29, 1.82) is 0 Å². The summed E-state index contributed by atoms with van der Waals surface area (Å²) in [5, 5.41) is 39.3. The Morgan fingerprint density at radius 2 is 1.08 bits per heavy atom. The van der Waals surface area contributed by atoms with Crippen LogP contribution < -0.4 is 16.5 Å². The fraction of sp³-hybridized carbons (Fsp3) is 0.455. The molecule has 0 spiro atoms. The van der Waals surface area contributed by atoms with Crippen LogP contribution in [-0.2, 0) is 53.0 Å². The highest BCUT2D eigenvalue weighted by Crippen LogP contribution is 2.07. The van der Waals surface area contributed by atoms with E-state index in [2.05, 4.69) is 10.8 Å². The highest BCUT2D eigenvalue weighted by atomic mass is 16.6. The molecule has 0 saturated heterocycles. The molecule has 2 aromatic carbocycles. The van der Waals surface area contributed by atoms with Crippen LogP contribution in [0.3, 0.4) is 0 Å². The van der Waals surface area contributed by atoms with E-state index in [0.29, 0.717) is 19.3 Å². The van der Waals surface area contributed by atoms with Gasteiger partial charge in [0.2, 0.25) is 5.91 Å². The van der Waals surface area contributed by atoms with E-state index in [-0.39, 0.29) is 45.9 Å². The van der Waals surface area contributed by atoms with Gasteiger partial charge in [0.15, 0.2) is 0 Å². The van der Waals surface area contributed by atoms with Crippen molar-refractivity contribution in [1.82, 2.24) is 25.5 Å². The fourth-order valence-electron chi connectivity index (χ4n) is 4.78. The quantitative estimate of drug-likeness (QED) is 0.0463. The third-order valence-corrected chi connectivity index (χ3v) is 7.37. The number of carbonyl (C=O) groups excluding carboxylic acids is 2. The summed E-state index contributed by atoms with van der Waals surface area (Å²) in [6.07, 6.45) is 1.65. The van der Waals surface area contributed by atoms with Crippen molar-refractivity contribution in [3.05, 3.63) is 71.3 Å². The molecule has 0 aliphatic carbocycles. The van der Waals surface area contributed by atoms with Gasteiger partial charge in [-0.15, -0.1) is 0 Å². The van der Waals surface area contributed by atoms with Crippen LogP contribution in [0.2, 0.25) is 0 Å². The maximum Gasteiger partial charge on any atom is 0.317 e. The first-order valence-corrected chi connectivity index (χ1v) is 15.9. The second kappa shape index (κ2) is 22.6. The lowest BCUT2D eigenvalue weighted by atomic mass is 10.1. The third kappa shape index (κ3) is 18.6. The molecule has 1 unspecified atom stereocenters. The van der Waals surface area contributed by atoms with Gasteiger partial charge in [0.1, 0.15) is 0 Å². The van der Waals surface area contributed by atoms with Crippen molar-refractivity contribution >= 4 is 35.7 Å². The first-order chi connectivity index (χ1) is 23.8. The third-order valence-electron chi connectivity index (χ3n) is 7.37. The van der Waals surface area contributed by atoms with E-state index >= 15 is 0 Å². The second-order valence-corrected chi connectivity index (χ2v) is 11.6. The number of aryl methyl sites for hydroxylation is 1. The van der Waals surface area contributed by atoms with Crippen molar-refractivity contribution in [3.8, 4) is 0 Å². The van der Waals surface area contributed by atoms with Crippen LogP contribution in [-0.4, -0.2) is 142 Å². The molecular weight excluding hydrogens is 656 g/mol. The van der Waals surface area contributed by atoms with Gasteiger partial charge in [0, 0.05) is 32.7 Å². The number of aliphatic carboxylic acids is 4. The van der Waals surface area contributed by atoms with Gasteiger partial charge >= 0.3 is 23.9 Å². The van der Waals surface area contributed by atoms with Crippen molar-refractivity contribution < 1.29 is 54.0 Å². The van der Waals surface area contributed by atoms with Gasteiger partial charge in [-0.1, -0.05) is 54.6 Å². The Balaban J connectivity index is 1.85. The number of benzene rings is 2. The summed E-state index contributed by atoms with van der Waals surface area (Å²) in [5.74, 6) is -5.74. The van der Waals surface area contributed by atoms with E-state index in [0.717, 1.165) is 16.7 Å². The number of carbonyl (C=O) groups is 6. The molecule has 0 aliphatic heterocycles. The van der Waals surface area contributed by atoms with E-state index in [1.54, 1.807) is 4.90 Å². The molecule has 0 heterocycles. The van der Waals surface area contributed by atoms with E-state index < -0.39 is 67.9 Å². The monoisotopic (exact) mass is 702 g/mol. The Morgan fingerprint density at radius 3 is 1.58 bits per heavy atom. The van der Waals surface area contributed by atoms with E-state index in [4.69, 9.17) is 31.0 Å². The van der Waals surface area contributed by atoms with Gasteiger partial charge < -0.3 is 31.5 Å². The molecule has 2 rings (SSSR count). The summed E-state index contributed by atoms with van der Waals surface area (Å²) in [4.78, 5) is 79.1. The number of hydrogen-bond acceptors (Lipinski definition) is 11. The highest BCUT2D eigenvalue weighted by molar-refractivity contribution is 5.80. The Kier molecular flexibility index (Phi) is 18.7. The molecule has 17 nitrogen and oxygen atoms in total. The second-order valence-electron chi connectivity index (χ2n) is 11.6. The molecule has 0 aliphatic rings. The van der Waals surface area contributed by atoms with Crippen LogP contribution in [0.5, 0.6) is 0 Å². The first kappa shape index (κ1) is 41.2. The lowest BCUT2D eigenvalue weighted by molar-refractivity contribution is -0.143. The molecule has 1 atom stereocenters. The van der Waals surface area contributed by atoms with Crippen LogP contribution in [0.4, 0.5) is 0 Å². The Hall–Kier alpha value is -4.94. The molecule has 0 aromatic heterocycles. The number of hydrogen-bond donors (Lipinski definition) is 7. The summed E-state index contributed by atoms with van der Waals surface area (Å²) < 4.78 is 0. The maximum absolute atomic E-state index is 12.9. The molecule has 8 N–H and O–H groups in total. The SMILES string of the molecule is NC(CCc1ccccc1)C(=O)NOCCc1ccc(CNC(=O)CN(CCN(CC(=O)O)CC(=O)O)CCN(CC(=O)O)CC(=O)O)cc1. The largest absolute Gasteiger partial charge is 0.480 e. The zero-order valence-corrected chi connectivity index (χ0v) is 27.7. The zero-order valence-electron chi connectivity index (χ0n) is 27.7. The number of rotatable bonds is 26. The number of nitrogens with two attached hydrogens (primary N) is 1. The Morgan fingerprint density at radius 1 is 0.620 bits per heavy atom. The predicted octanol–water partition coefficient (Wildman–Crippen LogP) is -0.902. The van der Waals surface area contributed by atoms with Gasteiger partial charge in [0.05, 0.1) is 45.4 Å². The molecule has 0 bridgehead atoms. The highest BCUT2D eigenvalue weighted by Gasteiger charge is 2.20. The number of nitrogens with zero attached hydrogens (tertiary/aromatic N) is 3. The smallest absolute Gasteiger partial charge is 0.317 e. The first-order valence-electron chi connectivity index (χ1n) is 15.9.